The second-order valence-electron chi connectivity index (χ2n) is 5.52. The summed E-state index contributed by atoms with van der Waals surface area (Å²) in [7, 11) is 0. The molecular formula is C19H25N3O2S. The van der Waals surface area contributed by atoms with Crippen LogP contribution in [0.15, 0.2) is 52.0 Å². The molecule has 0 aliphatic rings. The van der Waals surface area contributed by atoms with Gasteiger partial charge in [-0.2, -0.15) is 5.10 Å². The standard InChI is InChI=1S/C19H25N3O2S/c1-4-22(5-2)18-12-11-17(24-18)13-20-21-19(23)15(3)25-14-16-9-7-6-8-10-16/h6-13,15H,4-5,14H2,1-3H3,(H,21,23)/b20-13-/t15-/m1/s1. The summed E-state index contributed by atoms with van der Waals surface area (Å²) < 4.78 is 5.70. The van der Waals surface area contributed by atoms with Gasteiger partial charge in [0, 0.05) is 24.9 Å². The Bertz CT molecular complexity index is 681. The molecule has 6 heteroatoms. The third kappa shape index (κ3) is 5.98. The smallest absolute Gasteiger partial charge is 0.252 e. The van der Waals surface area contributed by atoms with Crippen molar-refractivity contribution in [2.75, 3.05) is 18.0 Å². The molecule has 1 aromatic heterocycles. The molecule has 1 atom stereocenters. The van der Waals surface area contributed by atoms with Crippen molar-refractivity contribution in [1.29, 1.82) is 0 Å². The third-order valence-corrected chi connectivity index (χ3v) is 4.98. The van der Waals surface area contributed by atoms with Crippen LogP contribution >= 0.6 is 11.8 Å². The highest BCUT2D eigenvalue weighted by Crippen LogP contribution is 2.18. The van der Waals surface area contributed by atoms with E-state index in [1.54, 1.807) is 11.8 Å². The van der Waals surface area contributed by atoms with Crippen LogP contribution in [0.3, 0.4) is 0 Å². The average Bonchev–Trinajstić information content (AvgIpc) is 3.10. The van der Waals surface area contributed by atoms with Crippen LogP contribution in [-0.4, -0.2) is 30.5 Å². The van der Waals surface area contributed by atoms with E-state index < -0.39 is 0 Å². The number of rotatable bonds is 9. The topological polar surface area (TPSA) is 57.8 Å². The Morgan fingerprint density at radius 1 is 1.24 bits per heavy atom. The minimum atomic E-state index is -0.180. The Labute approximate surface area is 153 Å². The fourth-order valence-corrected chi connectivity index (χ4v) is 3.08. The zero-order valence-corrected chi connectivity index (χ0v) is 15.8. The van der Waals surface area contributed by atoms with Crippen molar-refractivity contribution >= 4 is 29.8 Å². The lowest BCUT2D eigenvalue weighted by Gasteiger charge is -2.16. The molecule has 0 aliphatic heterocycles. The summed E-state index contributed by atoms with van der Waals surface area (Å²) >= 11 is 1.58. The molecule has 0 spiro atoms. The summed E-state index contributed by atoms with van der Waals surface area (Å²) in [4.78, 5) is 14.2. The van der Waals surface area contributed by atoms with E-state index in [0.29, 0.717) is 5.76 Å². The Hall–Kier alpha value is -2.21. The molecule has 0 saturated carbocycles. The molecule has 25 heavy (non-hydrogen) atoms. The van der Waals surface area contributed by atoms with Gasteiger partial charge in [-0.15, -0.1) is 11.8 Å². The highest BCUT2D eigenvalue weighted by atomic mass is 32.2. The fraction of sp³-hybridized carbons (Fsp3) is 0.368. The molecule has 1 amide bonds. The lowest BCUT2D eigenvalue weighted by Crippen LogP contribution is -2.26. The van der Waals surface area contributed by atoms with Crippen molar-refractivity contribution in [2.24, 2.45) is 5.10 Å². The third-order valence-electron chi connectivity index (χ3n) is 3.77. The first-order valence-electron chi connectivity index (χ1n) is 8.47. The number of furan rings is 1. The predicted molar refractivity (Wildman–Crippen MR) is 105 cm³/mol. The number of carbonyl (C=O) groups excluding carboxylic acids is 1. The van der Waals surface area contributed by atoms with Crippen LogP contribution < -0.4 is 10.3 Å². The molecule has 1 heterocycles. The number of amides is 1. The summed E-state index contributed by atoms with van der Waals surface area (Å²) in [5.74, 6) is 2.11. The minimum absolute atomic E-state index is 0.118. The van der Waals surface area contributed by atoms with Crippen LogP contribution in [0.5, 0.6) is 0 Å². The maximum atomic E-state index is 12.1. The van der Waals surface area contributed by atoms with Crippen molar-refractivity contribution < 1.29 is 9.21 Å². The van der Waals surface area contributed by atoms with E-state index in [4.69, 9.17) is 4.42 Å². The molecule has 2 rings (SSSR count). The normalized spacial score (nSPS) is 12.3. The first kappa shape index (κ1) is 19.1. The van der Waals surface area contributed by atoms with Crippen LogP contribution in [0.4, 0.5) is 5.88 Å². The lowest BCUT2D eigenvalue weighted by molar-refractivity contribution is -0.120. The Balaban J connectivity index is 1.79. The maximum absolute atomic E-state index is 12.1. The van der Waals surface area contributed by atoms with Gasteiger partial charge in [0.2, 0.25) is 0 Å². The van der Waals surface area contributed by atoms with Crippen molar-refractivity contribution in [1.82, 2.24) is 5.43 Å². The first-order chi connectivity index (χ1) is 12.1. The van der Waals surface area contributed by atoms with Crippen molar-refractivity contribution in [3.63, 3.8) is 0 Å². The number of hydrogen-bond acceptors (Lipinski definition) is 5. The quantitative estimate of drug-likeness (QED) is 0.545. The molecule has 2 aromatic rings. The van der Waals surface area contributed by atoms with Crippen LogP contribution in [-0.2, 0) is 10.5 Å². The van der Waals surface area contributed by atoms with Gasteiger partial charge in [0.1, 0.15) is 5.76 Å². The van der Waals surface area contributed by atoms with Gasteiger partial charge in [0.15, 0.2) is 5.88 Å². The molecular weight excluding hydrogens is 334 g/mol. The van der Waals surface area contributed by atoms with Crippen LogP contribution in [0.2, 0.25) is 0 Å². The second kappa shape index (κ2) is 9.93. The number of anilines is 1. The monoisotopic (exact) mass is 359 g/mol. The number of nitrogens with zero attached hydrogens (tertiary/aromatic N) is 2. The largest absolute Gasteiger partial charge is 0.440 e. The first-order valence-corrected chi connectivity index (χ1v) is 9.52. The zero-order chi connectivity index (χ0) is 18.1. The van der Waals surface area contributed by atoms with E-state index in [1.165, 1.54) is 11.8 Å². The van der Waals surface area contributed by atoms with E-state index >= 15 is 0 Å². The van der Waals surface area contributed by atoms with Crippen LogP contribution in [0.1, 0.15) is 32.1 Å². The number of hydrazone groups is 1. The zero-order valence-electron chi connectivity index (χ0n) is 14.9. The van der Waals surface area contributed by atoms with Crippen LogP contribution in [0.25, 0.3) is 0 Å². The van der Waals surface area contributed by atoms with Gasteiger partial charge in [-0.1, -0.05) is 30.3 Å². The van der Waals surface area contributed by atoms with E-state index in [2.05, 4.69) is 41.4 Å². The van der Waals surface area contributed by atoms with Crippen molar-refractivity contribution in [2.45, 2.75) is 31.8 Å². The predicted octanol–water partition coefficient (Wildman–Crippen LogP) is 3.90. The van der Waals surface area contributed by atoms with E-state index in [-0.39, 0.29) is 11.2 Å². The fourth-order valence-electron chi connectivity index (χ4n) is 2.24. The molecule has 1 N–H and O–H groups in total. The summed E-state index contributed by atoms with van der Waals surface area (Å²) in [5.41, 5.74) is 3.77. The van der Waals surface area contributed by atoms with Gasteiger partial charge >= 0.3 is 0 Å². The SMILES string of the molecule is CCN(CC)c1ccc(/C=N\NC(=O)[C@@H](C)SCc2ccccc2)o1. The lowest BCUT2D eigenvalue weighted by atomic mass is 10.2. The van der Waals surface area contributed by atoms with Gasteiger partial charge < -0.3 is 9.32 Å². The van der Waals surface area contributed by atoms with Gasteiger partial charge in [0.25, 0.3) is 5.91 Å². The van der Waals surface area contributed by atoms with Crippen LogP contribution in [0, 0.1) is 0 Å². The molecule has 134 valence electrons. The molecule has 0 saturated heterocycles. The number of thioether (sulfide) groups is 1. The summed E-state index contributed by atoms with van der Waals surface area (Å²) in [6.45, 7) is 7.80. The van der Waals surface area contributed by atoms with Gasteiger partial charge in [-0.3, -0.25) is 4.79 Å². The molecule has 0 unspecified atom stereocenters. The summed E-state index contributed by atoms with van der Waals surface area (Å²) in [6.07, 6.45) is 1.53. The number of benzene rings is 1. The van der Waals surface area contributed by atoms with E-state index in [1.807, 2.05) is 37.3 Å². The molecule has 0 radical (unpaired) electrons. The Morgan fingerprint density at radius 3 is 2.64 bits per heavy atom. The highest BCUT2D eigenvalue weighted by molar-refractivity contribution is 7.99. The van der Waals surface area contributed by atoms with E-state index in [9.17, 15) is 4.79 Å². The van der Waals surface area contributed by atoms with Gasteiger partial charge in [-0.25, -0.2) is 5.43 Å². The number of carbonyl (C=O) groups is 1. The Morgan fingerprint density at radius 2 is 1.96 bits per heavy atom. The van der Waals surface area contributed by atoms with Gasteiger partial charge in [-0.05, 0) is 32.4 Å². The molecule has 5 nitrogen and oxygen atoms in total. The molecule has 0 bridgehead atoms. The molecule has 1 aromatic carbocycles. The second-order valence-corrected chi connectivity index (χ2v) is 6.85. The molecule has 0 fully saturated rings. The summed E-state index contributed by atoms with van der Waals surface area (Å²) in [5, 5.41) is 3.81. The minimum Gasteiger partial charge on any atom is -0.440 e. The summed E-state index contributed by atoms with van der Waals surface area (Å²) in [6, 6.07) is 13.9. The van der Waals surface area contributed by atoms with Crippen molar-refractivity contribution in [3.8, 4) is 0 Å². The highest BCUT2D eigenvalue weighted by Gasteiger charge is 2.12. The number of nitrogens with one attached hydrogen (secondary N) is 1. The Kier molecular flexibility index (Phi) is 7.60. The van der Waals surface area contributed by atoms with E-state index in [0.717, 1.165) is 24.7 Å². The molecule has 0 aliphatic carbocycles. The average molecular weight is 359 g/mol. The van der Waals surface area contributed by atoms with Gasteiger partial charge in [0.05, 0.1) is 11.5 Å². The van der Waals surface area contributed by atoms with Crippen molar-refractivity contribution in [3.05, 3.63) is 53.8 Å². The maximum Gasteiger partial charge on any atom is 0.252 e. The number of hydrogen-bond donors (Lipinski definition) is 1.